The van der Waals surface area contributed by atoms with Gasteiger partial charge in [-0.15, -0.1) is 0 Å². The Balaban J connectivity index is 1.44. The number of fused-ring (bicyclic) bond motifs is 1. The summed E-state index contributed by atoms with van der Waals surface area (Å²) in [5, 5.41) is 4.57. The molecule has 33 heavy (non-hydrogen) atoms. The first kappa shape index (κ1) is 23.6. The van der Waals surface area contributed by atoms with Crippen LogP contribution < -0.4 is 20.1 Å². The molecule has 1 aliphatic heterocycles. The van der Waals surface area contributed by atoms with Crippen LogP contribution in [0.3, 0.4) is 0 Å². The van der Waals surface area contributed by atoms with Gasteiger partial charge >= 0.3 is 18.0 Å². The zero-order chi connectivity index (χ0) is 24.0. The van der Waals surface area contributed by atoms with Crippen molar-refractivity contribution in [3.8, 4) is 11.5 Å². The van der Waals surface area contributed by atoms with Crippen molar-refractivity contribution in [2.24, 2.45) is 0 Å². The first-order valence-electron chi connectivity index (χ1n) is 10.3. The van der Waals surface area contributed by atoms with Crippen LogP contribution in [0, 0.1) is 13.8 Å². The standard InChI is InChI=1S/C22H25N3O8/c1-4-30-20(27)18-12(2)19(24-13(18)3)21(28)32-11-17(26)25-22(29)23-9-14-10-31-15-7-5-6-8-16(15)33-14/h5-8,14,24H,4,9-11H2,1-3H3,(H2,23,25,26,29). The number of hydrogen-bond acceptors (Lipinski definition) is 8. The predicted octanol–water partition coefficient (Wildman–Crippen LogP) is 1.63. The van der Waals surface area contributed by atoms with Gasteiger partial charge in [0.05, 0.1) is 18.7 Å². The predicted molar refractivity (Wildman–Crippen MR) is 114 cm³/mol. The van der Waals surface area contributed by atoms with Gasteiger partial charge in [-0.05, 0) is 38.5 Å². The van der Waals surface area contributed by atoms with Crippen molar-refractivity contribution < 1.29 is 38.1 Å². The summed E-state index contributed by atoms with van der Waals surface area (Å²) in [6, 6.07) is 6.39. The van der Waals surface area contributed by atoms with E-state index in [9.17, 15) is 19.2 Å². The minimum atomic E-state index is -0.840. The maximum absolute atomic E-state index is 12.3. The van der Waals surface area contributed by atoms with Gasteiger partial charge in [0.2, 0.25) is 0 Å². The number of aryl methyl sites for hydroxylation is 1. The summed E-state index contributed by atoms with van der Waals surface area (Å²) in [5.74, 6) is -1.03. The van der Waals surface area contributed by atoms with Crippen LogP contribution in [0.15, 0.2) is 24.3 Å². The second-order valence-corrected chi connectivity index (χ2v) is 7.18. The maximum Gasteiger partial charge on any atom is 0.355 e. The molecule has 0 aliphatic carbocycles. The summed E-state index contributed by atoms with van der Waals surface area (Å²) in [5.41, 5.74) is 1.07. The van der Waals surface area contributed by atoms with Crippen molar-refractivity contribution >= 4 is 23.9 Å². The van der Waals surface area contributed by atoms with Crippen molar-refractivity contribution in [1.82, 2.24) is 15.6 Å². The van der Waals surface area contributed by atoms with E-state index in [0.29, 0.717) is 22.8 Å². The second kappa shape index (κ2) is 10.5. The third-order valence-electron chi connectivity index (χ3n) is 4.77. The summed E-state index contributed by atoms with van der Waals surface area (Å²) >= 11 is 0. The highest BCUT2D eigenvalue weighted by molar-refractivity contribution is 6.00. The van der Waals surface area contributed by atoms with Gasteiger partial charge in [0.1, 0.15) is 12.3 Å². The smallest absolute Gasteiger partial charge is 0.355 e. The number of aromatic nitrogens is 1. The van der Waals surface area contributed by atoms with E-state index in [1.165, 1.54) is 0 Å². The summed E-state index contributed by atoms with van der Waals surface area (Å²) < 4.78 is 21.2. The molecule has 2 heterocycles. The molecule has 2 aromatic rings. The number of nitrogens with one attached hydrogen (secondary N) is 3. The van der Waals surface area contributed by atoms with Crippen LogP contribution in [0.4, 0.5) is 4.79 Å². The average molecular weight is 459 g/mol. The van der Waals surface area contributed by atoms with Gasteiger partial charge in [0, 0.05) is 5.69 Å². The van der Waals surface area contributed by atoms with Gasteiger partial charge in [-0.3, -0.25) is 10.1 Å². The number of carbonyl (C=O) groups excluding carboxylic acids is 4. The monoisotopic (exact) mass is 459 g/mol. The highest BCUT2D eigenvalue weighted by atomic mass is 16.6. The van der Waals surface area contributed by atoms with Crippen LogP contribution in [0.25, 0.3) is 0 Å². The van der Waals surface area contributed by atoms with Gasteiger partial charge in [0.15, 0.2) is 24.2 Å². The number of aromatic amines is 1. The Kier molecular flexibility index (Phi) is 7.54. The Bertz CT molecular complexity index is 1060. The minimum absolute atomic E-state index is 0.0301. The summed E-state index contributed by atoms with van der Waals surface area (Å²) in [6.45, 7) is 4.71. The molecule has 1 aromatic carbocycles. The fourth-order valence-electron chi connectivity index (χ4n) is 3.24. The molecule has 0 saturated carbocycles. The number of rotatable bonds is 7. The van der Waals surface area contributed by atoms with E-state index in [1.807, 2.05) is 6.07 Å². The van der Waals surface area contributed by atoms with Crippen molar-refractivity contribution in [1.29, 1.82) is 0 Å². The molecule has 0 bridgehead atoms. The fourth-order valence-corrected chi connectivity index (χ4v) is 3.24. The van der Waals surface area contributed by atoms with E-state index in [1.54, 1.807) is 39.0 Å². The van der Waals surface area contributed by atoms with Gasteiger partial charge in [0.25, 0.3) is 5.91 Å². The van der Waals surface area contributed by atoms with Crippen LogP contribution >= 0.6 is 0 Å². The zero-order valence-corrected chi connectivity index (χ0v) is 18.5. The summed E-state index contributed by atoms with van der Waals surface area (Å²) in [6.07, 6.45) is -0.425. The van der Waals surface area contributed by atoms with Gasteiger partial charge in [-0.25, -0.2) is 14.4 Å². The molecule has 0 spiro atoms. The van der Waals surface area contributed by atoms with Crippen LogP contribution in [0.5, 0.6) is 11.5 Å². The third kappa shape index (κ3) is 5.82. The zero-order valence-electron chi connectivity index (χ0n) is 18.5. The maximum atomic E-state index is 12.3. The minimum Gasteiger partial charge on any atom is -0.486 e. The molecule has 11 heteroatoms. The number of benzene rings is 1. The van der Waals surface area contributed by atoms with Crippen molar-refractivity contribution in [2.45, 2.75) is 26.9 Å². The Morgan fingerprint density at radius 3 is 2.55 bits per heavy atom. The number of imide groups is 1. The molecule has 1 aliphatic rings. The van der Waals surface area contributed by atoms with Gasteiger partial charge in [-0.1, -0.05) is 12.1 Å². The number of ether oxygens (including phenoxy) is 4. The van der Waals surface area contributed by atoms with Crippen molar-refractivity contribution in [2.75, 3.05) is 26.4 Å². The lowest BCUT2D eigenvalue weighted by molar-refractivity contribution is -0.123. The fraction of sp³-hybridized carbons (Fsp3) is 0.364. The number of H-pyrrole nitrogens is 1. The van der Waals surface area contributed by atoms with Crippen LogP contribution in [0.2, 0.25) is 0 Å². The molecule has 11 nitrogen and oxygen atoms in total. The molecule has 1 atom stereocenters. The molecule has 3 rings (SSSR count). The molecule has 3 amide bonds. The van der Waals surface area contributed by atoms with Gasteiger partial charge in [-0.2, -0.15) is 0 Å². The normalized spacial score (nSPS) is 14.2. The first-order chi connectivity index (χ1) is 15.8. The highest BCUT2D eigenvalue weighted by Crippen LogP contribution is 2.30. The largest absolute Gasteiger partial charge is 0.486 e. The van der Waals surface area contributed by atoms with E-state index in [2.05, 4.69) is 15.6 Å². The van der Waals surface area contributed by atoms with Crippen molar-refractivity contribution in [3.05, 3.63) is 46.8 Å². The second-order valence-electron chi connectivity index (χ2n) is 7.18. The SMILES string of the molecule is CCOC(=O)c1c(C)[nH]c(C(=O)OCC(=O)NC(=O)NCC2COc3ccccc3O2)c1C. The van der Waals surface area contributed by atoms with Crippen LogP contribution in [-0.2, 0) is 14.3 Å². The van der Waals surface area contributed by atoms with E-state index in [-0.39, 0.29) is 31.0 Å². The number of urea groups is 1. The lowest BCUT2D eigenvalue weighted by Crippen LogP contribution is -2.46. The Hall–Kier alpha value is -4.02. The van der Waals surface area contributed by atoms with Crippen LogP contribution in [-0.4, -0.2) is 61.3 Å². The lowest BCUT2D eigenvalue weighted by atomic mass is 10.1. The molecule has 1 aromatic heterocycles. The Morgan fingerprint density at radius 2 is 1.82 bits per heavy atom. The number of hydrogen-bond donors (Lipinski definition) is 3. The number of esters is 2. The molecule has 3 N–H and O–H groups in total. The topological polar surface area (TPSA) is 145 Å². The molecule has 0 fully saturated rings. The van der Waals surface area contributed by atoms with E-state index in [0.717, 1.165) is 0 Å². The van der Waals surface area contributed by atoms with E-state index in [4.69, 9.17) is 18.9 Å². The molecule has 176 valence electrons. The lowest BCUT2D eigenvalue weighted by Gasteiger charge is -2.26. The highest BCUT2D eigenvalue weighted by Gasteiger charge is 2.25. The molecule has 1 unspecified atom stereocenters. The number of amides is 3. The van der Waals surface area contributed by atoms with E-state index >= 15 is 0 Å². The number of carbonyl (C=O) groups is 4. The van der Waals surface area contributed by atoms with E-state index < -0.39 is 36.6 Å². The first-order valence-corrected chi connectivity index (χ1v) is 10.3. The average Bonchev–Trinajstić information content (AvgIpc) is 3.10. The van der Waals surface area contributed by atoms with Crippen LogP contribution in [0.1, 0.15) is 39.0 Å². The Labute approximate surface area is 189 Å². The van der Waals surface area contributed by atoms with Gasteiger partial charge < -0.3 is 29.2 Å². The van der Waals surface area contributed by atoms with Crippen molar-refractivity contribution in [3.63, 3.8) is 0 Å². The summed E-state index contributed by atoms with van der Waals surface area (Å²) in [7, 11) is 0. The summed E-state index contributed by atoms with van der Waals surface area (Å²) in [4.78, 5) is 51.0. The third-order valence-corrected chi connectivity index (χ3v) is 4.77. The molecule has 0 saturated heterocycles. The molecular formula is C22H25N3O8. The quantitative estimate of drug-likeness (QED) is 0.530. The Morgan fingerprint density at radius 1 is 1.09 bits per heavy atom. The number of para-hydroxylation sites is 2. The molecule has 0 radical (unpaired) electrons. The molecular weight excluding hydrogens is 434 g/mol.